The molecule has 154 valence electrons. The van der Waals surface area contributed by atoms with Crippen LogP contribution < -0.4 is 5.32 Å². The number of hydrogen-bond donors (Lipinski definition) is 1. The summed E-state index contributed by atoms with van der Waals surface area (Å²) in [6, 6.07) is 27.7. The number of anilines is 1. The van der Waals surface area contributed by atoms with Crippen molar-refractivity contribution < 1.29 is 9.59 Å². The largest absolute Gasteiger partial charge is 0.324 e. The Balaban J connectivity index is 1.62. The van der Waals surface area contributed by atoms with Gasteiger partial charge >= 0.3 is 0 Å². The standard InChI is InChI=1S/C26H22N2O2S/c29-24(18-11-5-2-6-12-18)23-22(17-9-3-1-4-10-17)21-15-31-16-28(21)26(23)19-13-7-8-14-20(19)27-25(26)30/h1-14,21-23H,15-16H2,(H,27,30)/t21-,22+,23-,26-/m0/s1. The lowest BCUT2D eigenvalue weighted by molar-refractivity contribution is -0.127. The van der Waals surface area contributed by atoms with E-state index in [1.165, 1.54) is 0 Å². The summed E-state index contributed by atoms with van der Waals surface area (Å²) >= 11 is 1.85. The lowest BCUT2D eigenvalue weighted by Crippen LogP contribution is -2.52. The van der Waals surface area contributed by atoms with Crippen molar-refractivity contribution in [3.05, 3.63) is 102 Å². The Labute approximate surface area is 185 Å². The van der Waals surface area contributed by atoms with Gasteiger partial charge in [0.25, 0.3) is 0 Å². The van der Waals surface area contributed by atoms with Gasteiger partial charge in [-0.05, 0) is 11.6 Å². The highest BCUT2D eigenvalue weighted by atomic mass is 32.2. The molecule has 3 aliphatic rings. The molecule has 0 radical (unpaired) electrons. The number of carbonyl (C=O) groups is 2. The van der Waals surface area contributed by atoms with Crippen LogP contribution in [0.1, 0.15) is 27.4 Å². The minimum absolute atomic E-state index is 0.0423. The molecule has 3 aliphatic heterocycles. The molecule has 2 saturated heterocycles. The van der Waals surface area contributed by atoms with Crippen LogP contribution in [0, 0.1) is 5.92 Å². The van der Waals surface area contributed by atoms with Crippen LogP contribution in [0.2, 0.25) is 0 Å². The van der Waals surface area contributed by atoms with Gasteiger partial charge in [-0.3, -0.25) is 14.5 Å². The van der Waals surface area contributed by atoms with Crippen molar-refractivity contribution in [1.82, 2.24) is 4.90 Å². The molecule has 3 aromatic carbocycles. The molecular formula is C26H22N2O2S. The molecule has 3 heterocycles. The van der Waals surface area contributed by atoms with E-state index in [1.54, 1.807) is 0 Å². The second kappa shape index (κ2) is 7.08. The molecule has 6 rings (SSSR count). The highest BCUT2D eigenvalue weighted by molar-refractivity contribution is 7.99. The van der Waals surface area contributed by atoms with Gasteiger partial charge in [-0.15, -0.1) is 11.8 Å². The quantitative estimate of drug-likeness (QED) is 0.627. The number of carbonyl (C=O) groups excluding carboxylic acids is 2. The molecule has 1 N–H and O–H groups in total. The van der Waals surface area contributed by atoms with Gasteiger partial charge in [0.15, 0.2) is 5.78 Å². The molecule has 4 nitrogen and oxygen atoms in total. The number of thioether (sulfide) groups is 1. The van der Waals surface area contributed by atoms with Crippen molar-refractivity contribution in [3.8, 4) is 0 Å². The van der Waals surface area contributed by atoms with Gasteiger partial charge in [-0.2, -0.15) is 0 Å². The predicted molar refractivity (Wildman–Crippen MR) is 123 cm³/mol. The third kappa shape index (κ3) is 2.54. The summed E-state index contributed by atoms with van der Waals surface area (Å²) < 4.78 is 0. The van der Waals surface area contributed by atoms with Crippen LogP contribution in [0.5, 0.6) is 0 Å². The maximum atomic E-state index is 14.2. The molecule has 1 amide bonds. The van der Waals surface area contributed by atoms with Crippen LogP contribution in [0.25, 0.3) is 0 Å². The second-order valence-electron chi connectivity index (χ2n) is 8.45. The zero-order valence-electron chi connectivity index (χ0n) is 16.9. The number of nitrogens with one attached hydrogen (secondary N) is 1. The van der Waals surface area contributed by atoms with Gasteiger partial charge in [0.2, 0.25) is 5.91 Å². The number of Topliss-reactive ketones (excluding diaryl/α,β-unsaturated/α-hetero) is 1. The van der Waals surface area contributed by atoms with Crippen molar-refractivity contribution in [2.45, 2.75) is 17.5 Å². The summed E-state index contributed by atoms with van der Waals surface area (Å²) in [6.07, 6.45) is 0. The van der Waals surface area contributed by atoms with Crippen molar-refractivity contribution in [2.75, 3.05) is 16.9 Å². The Morgan fingerprint density at radius 1 is 0.935 bits per heavy atom. The number of ketones is 1. The number of hydrogen-bond acceptors (Lipinski definition) is 4. The number of benzene rings is 3. The fourth-order valence-corrected chi connectivity index (χ4v) is 7.19. The van der Waals surface area contributed by atoms with E-state index in [9.17, 15) is 9.59 Å². The number of nitrogens with zero attached hydrogens (tertiary/aromatic N) is 1. The smallest absolute Gasteiger partial charge is 0.250 e. The molecule has 0 saturated carbocycles. The van der Waals surface area contributed by atoms with Crippen LogP contribution in [0.4, 0.5) is 5.69 Å². The summed E-state index contributed by atoms with van der Waals surface area (Å²) in [5, 5.41) is 3.11. The average molecular weight is 427 g/mol. The van der Waals surface area contributed by atoms with Crippen LogP contribution in [0.3, 0.4) is 0 Å². The molecule has 0 aromatic heterocycles. The summed E-state index contributed by atoms with van der Waals surface area (Å²) in [4.78, 5) is 30.3. The molecule has 5 heteroatoms. The highest BCUT2D eigenvalue weighted by Gasteiger charge is 2.69. The molecule has 4 atom stereocenters. The molecule has 0 aliphatic carbocycles. The first-order valence-electron chi connectivity index (χ1n) is 10.6. The van der Waals surface area contributed by atoms with Gasteiger partial charge in [0, 0.05) is 40.4 Å². The molecule has 1 spiro atoms. The molecule has 2 fully saturated rings. The monoisotopic (exact) mass is 426 g/mol. The zero-order chi connectivity index (χ0) is 21.0. The van der Waals surface area contributed by atoms with E-state index in [1.807, 2.05) is 84.6 Å². The molecule has 3 aromatic rings. The van der Waals surface area contributed by atoms with Crippen molar-refractivity contribution >= 4 is 29.1 Å². The Morgan fingerprint density at radius 3 is 2.39 bits per heavy atom. The van der Waals surface area contributed by atoms with E-state index in [2.05, 4.69) is 22.3 Å². The van der Waals surface area contributed by atoms with E-state index in [0.717, 1.165) is 28.4 Å². The van der Waals surface area contributed by atoms with Crippen LogP contribution in [-0.2, 0) is 10.3 Å². The number of para-hydroxylation sites is 1. The topological polar surface area (TPSA) is 49.4 Å². The first-order chi connectivity index (χ1) is 15.2. The predicted octanol–water partition coefficient (Wildman–Crippen LogP) is 4.51. The van der Waals surface area contributed by atoms with E-state index < -0.39 is 11.5 Å². The lowest BCUT2D eigenvalue weighted by atomic mass is 9.69. The molecule has 0 unspecified atom stereocenters. The minimum atomic E-state index is -0.988. The van der Waals surface area contributed by atoms with Gasteiger partial charge in [0.1, 0.15) is 5.54 Å². The van der Waals surface area contributed by atoms with E-state index >= 15 is 0 Å². The summed E-state index contributed by atoms with van der Waals surface area (Å²) in [6.45, 7) is 0. The maximum absolute atomic E-state index is 14.2. The summed E-state index contributed by atoms with van der Waals surface area (Å²) in [7, 11) is 0. The Morgan fingerprint density at radius 2 is 1.61 bits per heavy atom. The minimum Gasteiger partial charge on any atom is -0.324 e. The van der Waals surface area contributed by atoms with Crippen molar-refractivity contribution in [1.29, 1.82) is 0 Å². The molecule has 31 heavy (non-hydrogen) atoms. The van der Waals surface area contributed by atoms with E-state index in [4.69, 9.17) is 0 Å². The van der Waals surface area contributed by atoms with Gasteiger partial charge in [-0.25, -0.2) is 0 Å². The Hall–Kier alpha value is -2.89. The SMILES string of the molecule is O=C(c1ccccc1)[C@@H]1[C@H](c2ccccc2)[C@@H]2CSCN2[C@]12C(=O)Nc1ccccc12. The number of amides is 1. The molecule has 0 bridgehead atoms. The van der Waals surface area contributed by atoms with Crippen molar-refractivity contribution in [2.24, 2.45) is 5.92 Å². The average Bonchev–Trinajstić information content (AvgIpc) is 3.48. The van der Waals surface area contributed by atoms with Crippen LogP contribution in [0.15, 0.2) is 84.9 Å². The van der Waals surface area contributed by atoms with Gasteiger partial charge in [0.05, 0.1) is 5.92 Å². The third-order valence-electron chi connectivity index (χ3n) is 7.05. The Kier molecular flexibility index (Phi) is 4.30. The maximum Gasteiger partial charge on any atom is 0.250 e. The van der Waals surface area contributed by atoms with Crippen LogP contribution in [-0.4, -0.2) is 34.3 Å². The number of rotatable bonds is 3. The van der Waals surface area contributed by atoms with Crippen LogP contribution >= 0.6 is 11.8 Å². The summed E-state index contributed by atoms with van der Waals surface area (Å²) in [5.41, 5.74) is 2.56. The first kappa shape index (κ1) is 18.8. The summed E-state index contributed by atoms with van der Waals surface area (Å²) in [5.74, 6) is 1.08. The normalized spacial score (nSPS) is 29.0. The van der Waals surface area contributed by atoms with E-state index in [0.29, 0.717) is 5.56 Å². The lowest BCUT2D eigenvalue weighted by Gasteiger charge is -2.36. The fourth-order valence-electron chi connectivity index (χ4n) is 5.86. The second-order valence-corrected chi connectivity index (χ2v) is 9.45. The highest BCUT2D eigenvalue weighted by Crippen LogP contribution is 2.61. The van der Waals surface area contributed by atoms with E-state index in [-0.39, 0.29) is 23.7 Å². The van der Waals surface area contributed by atoms with Crippen molar-refractivity contribution in [3.63, 3.8) is 0 Å². The fraction of sp³-hybridized carbons (Fsp3) is 0.231. The van der Waals surface area contributed by atoms with Gasteiger partial charge in [-0.1, -0.05) is 78.9 Å². The first-order valence-corrected chi connectivity index (χ1v) is 11.8. The van der Waals surface area contributed by atoms with Gasteiger partial charge < -0.3 is 5.32 Å². The zero-order valence-corrected chi connectivity index (χ0v) is 17.7. The Bertz CT molecular complexity index is 1170. The number of fused-ring (bicyclic) bond motifs is 4. The third-order valence-corrected chi connectivity index (χ3v) is 8.09. The molecular weight excluding hydrogens is 404 g/mol.